The Morgan fingerprint density at radius 3 is 2.56 bits per heavy atom. The maximum absolute atomic E-state index is 12.8. The Balaban J connectivity index is 1.60. The summed E-state index contributed by atoms with van der Waals surface area (Å²) in [5.74, 6) is 0.868. The number of para-hydroxylation sites is 1. The number of nitrogens with zero attached hydrogens (tertiary/aromatic N) is 1. The second kappa shape index (κ2) is 9.62. The molecular formula is C22H24N2OS2. The molecule has 0 spiro atoms. The van der Waals surface area contributed by atoms with Crippen molar-refractivity contribution >= 4 is 34.7 Å². The van der Waals surface area contributed by atoms with Crippen LogP contribution in [0, 0.1) is 0 Å². The van der Waals surface area contributed by atoms with E-state index in [1.54, 1.807) is 23.1 Å². The Bertz CT molecular complexity index is 850. The fourth-order valence-electron chi connectivity index (χ4n) is 2.87. The lowest BCUT2D eigenvalue weighted by Crippen LogP contribution is -2.40. The van der Waals surface area contributed by atoms with Gasteiger partial charge in [0, 0.05) is 40.8 Å². The highest BCUT2D eigenvalue weighted by atomic mass is 32.2. The van der Waals surface area contributed by atoms with Gasteiger partial charge in [-0.25, -0.2) is 0 Å². The van der Waals surface area contributed by atoms with Crippen molar-refractivity contribution in [3.63, 3.8) is 0 Å². The molecule has 140 valence electrons. The van der Waals surface area contributed by atoms with Crippen molar-refractivity contribution in [1.29, 1.82) is 0 Å². The zero-order valence-electron chi connectivity index (χ0n) is 15.6. The number of thioether (sulfide) groups is 1. The van der Waals surface area contributed by atoms with E-state index in [0.29, 0.717) is 0 Å². The molecule has 0 fully saturated rings. The summed E-state index contributed by atoms with van der Waals surface area (Å²) >= 11 is 3.46. The van der Waals surface area contributed by atoms with Gasteiger partial charge in [0.1, 0.15) is 0 Å². The lowest BCUT2D eigenvalue weighted by atomic mass is 10.2. The van der Waals surface area contributed by atoms with E-state index >= 15 is 0 Å². The summed E-state index contributed by atoms with van der Waals surface area (Å²) in [6, 6.07) is 22.3. The highest BCUT2D eigenvalue weighted by Gasteiger charge is 2.15. The highest BCUT2D eigenvalue weighted by Crippen LogP contribution is 2.28. The van der Waals surface area contributed by atoms with E-state index in [1.807, 2.05) is 56.4 Å². The predicted octanol–water partition coefficient (Wildman–Crippen LogP) is 5.30. The number of rotatable bonds is 8. The maximum Gasteiger partial charge on any atom is 0.252 e. The average Bonchev–Trinajstić information content (AvgIpc) is 3.20. The van der Waals surface area contributed by atoms with Crippen molar-refractivity contribution in [2.24, 2.45) is 0 Å². The summed E-state index contributed by atoms with van der Waals surface area (Å²) in [7, 11) is 2.04. The number of nitrogens with one attached hydrogen (secondary N) is 1. The molecule has 1 heterocycles. The molecule has 0 saturated carbocycles. The molecule has 0 bridgehead atoms. The van der Waals surface area contributed by atoms with Gasteiger partial charge in [-0.1, -0.05) is 36.4 Å². The standard InChI is InChI=1S/C22H24N2OS2/c1-17(15-24(2)18-9-4-3-5-10-18)23-22(25)20-12-6-7-13-21(20)27-16-19-11-8-14-26-19/h3-14,17H,15-16H2,1-2H3,(H,23,25). The van der Waals surface area contributed by atoms with Gasteiger partial charge >= 0.3 is 0 Å². The molecule has 1 N–H and O–H groups in total. The van der Waals surface area contributed by atoms with Crippen LogP contribution in [0.1, 0.15) is 22.2 Å². The van der Waals surface area contributed by atoms with Crippen molar-refractivity contribution < 1.29 is 4.79 Å². The van der Waals surface area contributed by atoms with Gasteiger partial charge in [-0.2, -0.15) is 0 Å². The first-order valence-electron chi connectivity index (χ1n) is 8.95. The quantitative estimate of drug-likeness (QED) is 0.525. The second-order valence-electron chi connectivity index (χ2n) is 6.45. The van der Waals surface area contributed by atoms with Crippen molar-refractivity contribution in [3.05, 3.63) is 82.6 Å². The fourth-order valence-corrected chi connectivity index (χ4v) is 4.69. The number of carbonyl (C=O) groups is 1. The number of likely N-dealkylation sites (N-methyl/N-ethyl adjacent to an activating group) is 1. The number of hydrogen-bond donors (Lipinski definition) is 1. The average molecular weight is 397 g/mol. The molecule has 27 heavy (non-hydrogen) atoms. The SMILES string of the molecule is CC(CN(C)c1ccccc1)NC(=O)c1ccccc1SCc1cccs1. The molecule has 0 radical (unpaired) electrons. The molecule has 3 rings (SSSR count). The molecule has 0 aliphatic heterocycles. The van der Waals surface area contributed by atoms with E-state index in [2.05, 4.69) is 39.9 Å². The summed E-state index contributed by atoms with van der Waals surface area (Å²) in [6.45, 7) is 2.79. The zero-order valence-corrected chi connectivity index (χ0v) is 17.2. The summed E-state index contributed by atoms with van der Waals surface area (Å²) in [5.41, 5.74) is 1.89. The molecular weight excluding hydrogens is 372 g/mol. The summed E-state index contributed by atoms with van der Waals surface area (Å²) in [6.07, 6.45) is 0. The predicted molar refractivity (Wildman–Crippen MR) is 117 cm³/mol. The summed E-state index contributed by atoms with van der Waals surface area (Å²) in [4.78, 5) is 17.3. The van der Waals surface area contributed by atoms with E-state index < -0.39 is 0 Å². The monoisotopic (exact) mass is 396 g/mol. The first-order chi connectivity index (χ1) is 13.1. The van der Waals surface area contributed by atoms with Crippen molar-refractivity contribution in [2.75, 3.05) is 18.5 Å². The van der Waals surface area contributed by atoms with Crippen LogP contribution >= 0.6 is 23.1 Å². The van der Waals surface area contributed by atoms with Crippen LogP contribution in [0.2, 0.25) is 0 Å². The van der Waals surface area contributed by atoms with E-state index in [1.165, 1.54) is 4.88 Å². The normalized spacial score (nSPS) is 11.8. The Kier molecular flexibility index (Phi) is 6.96. The topological polar surface area (TPSA) is 32.3 Å². The fraction of sp³-hybridized carbons (Fsp3) is 0.227. The number of amides is 1. The third-order valence-corrected chi connectivity index (χ3v) is 6.39. The number of anilines is 1. The number of thiophene rings is 1. The van der Waals surface area contributed by atoms with Crippen molar-refractivity contribution in [1.82, 2.24) is 5.32 Å². The van der Waals surface area contributed by atoms with Crippen LogP contribution in [0.4, 0.5) is 5.69 Å². The molecule has 0 aliphatic rings. The van der Waals surface area contributed by atoms with Crippen LogP contribution in [-0.2, 0) is 5.75 Å². The molecule has 1 aromatic heterocycles. The summed E-state index contributed by atoms with van der Waals surface area (Å²) in [5, 5.41) is 5.22. The number of hydrogen-bond acceptors (Lipinski definition) is 4. The third-order valence-electron chi connectivity index (χ3n) is 4.20. The Labute approximate surface area is 169 Å². The molecule has 0 saturated heterocycles. The van der Waals surface area contributed by atoms with Crippen LogP contribution < -0.4 is 10.2 Å². The molecule has 3 aromatic rings. The largest absolute Gasteiger partial charge is 0.373 e. The van der Waals surface area contributed by atoms with Crippen LogP contribution in [-0.4, -0.2) is 25.5 Å². The molecule has 5 heteroatoms. The van der Waals surface area contributed by atoms with Gasteiger partial charge < -0.3 is 10.2 Å². The maximum atomic E-state index is 12.8. The first-order valence-corrected chi connectivity index (χ1v) is 10.8. The number of carbonyl (C=O) groups excluding carboxylic acids is 1. The van der Waals surface area contributed by atoms with Crippen LogP contribution in [0.3, 0.4) is 0 Å². The number of benzene rings is 2. The molecule has 1 atom stereocenters. The van der Waals surface area contributed by atoms with Gasteiger partial charge in [-0.3, -0.25) is 4.79 Å². The van der Waals surface area contributed by atoms with Gasteiger partial charge in [0.25, 0.3) is 5.91 Å². The van der Waals surface area contributed by atoms with E-state index in [-0.39, 0.29) is 11.9 Å². The van der Waals surface area contributed by atoms with Crippen LogP contribution in [0.5, 0.6) is 0 Å². The van der Waals surface area contributed by atoms with Gasteiger partial charge in [-0.05, 0) is 42.6 Å². The van der Waals surface area contributed by atoms with Crippen molar-refractivity contribution in [2.45, 2.75) is 23.6 Å². The lowest BCUT2D eigenvalue weighted by molar-refractivity contribution is 0.0938. The van der Waals surface area contributed by atoms with Gasteiger partial charge in [-0.15, -0.1) is 23.1 Å². The minimum absolute atomic E-state index is 0.0155. The minimum Gasteiger partial charge on any atom is -0.373 e. The minimum atomic E-state index is -0.0155. The lowest BCUT2D eigenvalue weighted by Gasteiger charge is -2.24. The zero-order chi connectivity index (χ0) is 19.1. The molecule has 0 aliphatic carbocycles. The van der Waals surface area contributed by atoms with Crippen LogP contribution in [0.25, 0.3) is 0 Å². The van der Waals surface area contributed by atoms with E-state index in [9.17, 15) is 4.79 Å². The Morgan fingerprint density at radius 1 is 1.07 bits per heavy atom. The summed E-state index contributed by atoms with van der Waals surface area (Å²) < 4.78 is 0. The van der Waals surface area contributed by atoms with E-state index in [4.69, 9.17) is 0 Å². The Morgan fingerprint density at radius 2 is 1.81 bits per heavy atom. The molecule has 2 aromatic carbocycles. The molecule has 1 amide bonds. The van der Waals surface area contributed by atoms with Crippen LogP contribution in [0.15, 0.2) is 77.0 Å². The van der Waals surface area contributed by atoms with Gasteiger partial charge in [0.15, 0.2) is 0 Å². The van der Waals surface area contributed by atoms with Gasteiger partial charge in [0.05, 0.1) is 5.56 Å². The first kappa shape index (κ1) is 19.5. The highest BCUT2D eigenvalue weighted by molar-refractivity contribution is 7.98. The van der Waals surface area contributed by atoms with Gasteiger partial charge in [0.2, 0.25) is 0 Å². The van der Waals surface area contributed by atoms with E-state index in [0.717, 1.165) is 28.4 Å². The Hall–Kier alpha value is -2.24. The van der Waals surface area contributed by atoms with Crippen molar-refractivity contribution in [3.8, 4) is 0 Å². The second-order valence-corrected chi connectivity index (χ2v) is 8.50. The molecule has 1 unspecified atom stereocenters. The molecule has 3 nitrogen and oxygen atoms in total. The smallest absolute Gasteiger partial charge is 0.252 e. The third kappa shape index (κ3) is 5.62.